The monoisotopic (exact) mass is 375 g/mol. The fraction of sp³-hybridized carbons (Fsp3) is 0.500. The molecule has 102 valence electrons. The Morgan fingerprint density at radius 2 is 2.11 bits per heavy atom. The Hall–Kier alpha value is 0.153. The van der Waals surface area contributed by atoms with Crippen molar-refractivity contribution in [1.82, 2.24) is 0 Å². The van der Waals surface area contributed by atoms with E-state index in [1.54, 1.807) is 0 Å². The van der Waals surface area contributed by atoms with Gasteiger partial charge in [0.25, 0.3) is 0 Å². The van der Waals surface area contributed by atoms with Gasteiger partial charge < -0.3 is 5.11 Å². The first-order chi connectivity index (χ1) is 9.13. The van der Waals surface area contributed by atoms with E-state index in [2.05, 4.69) is 4.99 Å². The molecule has 3 rings (SSSR count). The van der Waals surface area contributed by atoms with Gasteiger partial charge in [-0.15, -0.1) is 0 Å². The van der Waals surface area contributed by atoms with Crippen LogP contribution >= 0.6 is 17.0 Å². The van der Waals surface area contributed by atoms with Crippen LogP contribution in [-0.4, -0.2) is 17.4 Å². The molecular weight excluding hydrogens is 360 g/mol. The summed E-state index contributed by atoms with van der Waals surface area (Å²) < 4.78 is 0. The molecule has 5 heteroatoms. The van der Waals surface area contributed by atoms with E-state index in [1.165, 1.54) is 25.7 Å². The molecule has 0 aliphatic heterocycles. The van der Waals surface area contributed by atoms with Crippen molar-refractivity contribution in [3.63, 3.8) is 0 Å². The number of phenolic OH excluding ortho intramolecular Hbond substituents is 1. The molecule has 2 aliphatic rings. The number of halogens is 2. The number of benzene rings is 1. The maximum absolute atomic E-state index is 9.84. The zero-order chi connectivity index (χ0) is 13.9. The Bertz CT molecular complexity index is 475. The van der Waals surface area contributed by atoms with Gasteiger partial charge in [0, 0.05) is 11.8 Å². The van der Waals surface area contributed by atoms with Gasteiger partial charge in [0.05, 0.1) is 6.04 Å². The second-order valence-electron chi connectivity index (χ2n) is 5.30. The summed E-state index contributed by atoms with van der Waals surface area (Å²) in [6, 6.07) is 6.32. The molecule has 2 nitrogen and oxygen atoms in total. The third-order valence-electron chi connectivity index (χ3n) is 4.16. The molecule has 1 aromatic rings. The second-order valence-corrected chi connectivity index (χ2v) is 9.03. The maximum atomic E-state index is 9.84. The van der Waals surface area contributed by atoms with Crippen LogP contribution in [-0.2, 0) is 20.8 Å². The Labute approximate surface area is 132 Å². The van der Waals surface area contributed by atoms with Gasteiger partial charge in [-0.3, -0.25) is 4.99 Å². The van der Waals surface area contributed by atoms with Crippen LogP contribution in [0.5, 0.6) is 5.75 Å². The van der Waals surface area contributed by atoms with E-state index >= 15 is 0 Å². The van der Waals surface area contributed by atoms with Gasteiger partial charge in [0.15, 0.2) is 0 Å². The number of phenols is 1. The van der Waals surface area contributed by atoms with Crippen molar-refractivity contribution in [3.8, 4) is 5.75 Å². The number of hydrogen-bond acceptors (Lipinski definition) is 2. The number of aryl methyl sites for hydroxylation is 1. The molecule has 2 fully saturated rings. The Kier molecular flexibility index (Phi) is 5.51. The zero-order valence-electron chi connectivity index (χ0n) is 10.9. The van der Waals surface area contributed by atoms with E-state index in [-0.39, 0.29) is 0 Å². The average Bonchev–Trinajstić information content (AvgIpc) is 3.07. The van der Waals surface area contributed by atoms with E-state index in [0.29, 0.717) is 17.2 Å². The normalized spacial score (nSPS) is 22.6. The van der Waals surface area contributed by atoms with Gasteiger partial charge in [0.1, 0.15) is 5.75 Å². The summed E-state index contributed by atoms with van der Waals surface area (Å²) in [6.07, 6.45) is 7.20. The van der Waals surface area contributed by atoms with Crippen LogP contribution in [0.25, 0.3) is 0 Å². The first kappa shape index (κ1) is 15.5. The van der Waals surface area contributed by atoms with Crippen molar-refractivity contribution in [2.24, 2.45) is 10.4 Å². The molecule has 0 saturated heterocycles. The number of nitrogens with zero attached hydrogens (tertiary/aromatic N) is 1. The van der Waals surface area contributed by atoms with Gasteiger partial charge in [0.2, 0.25) is 0 Å². The number of aromatic hydroxyl groups is 1. The Balaban J connectivity index is 0.000000408. The fourth-order valence-corrected chi connectivity index (χ4v) is 2.66. The molecule has 0 bridgehead atoms. The number of aliphatic imine (C=N–C) groups is 1. The van der Waals surface area contributed by atoms with Crippen LogP contribution in [0.4, 0.5) is 0 Å². The molecule has 0 aromatic heterocycles. The van der Waals surface area contributed by atoms with Crippen molar-refractivity contribution in [2.75, 3.05) is 0 Å². The van der Waals surface area contributed by atoms with E-state index in [1.807, 2.05) is 31.3 Å². The Morgan fingerprint density at radius 3 is 2.63 bits per heavy atom. The molecule has 1 atom stereocenters. The van der Waals surface area contributed by atoms with Gasteiger partial charge in [-0.1, -0.05) is 18.6 Å². The van der Waals surface area contributed by atoms with Gasteiger partial charge in [-0.05, 0) is 43.2 Å². The molecule has 0 radical (unpaired) electrons. The first-order valence-corrected chi connectivity index (χ1v) is 12.7. The summed E-state index contributed by atoms with van der Waals surface area (Å²) >= 11 is -0.826. The SMILES string of the molecule is Cc1cccc(C=NC2CC23CCC3)c1O.[Cl][Zr][Cl]. The van der Waals surface area contributed by atoms with Crippen LogP contribution in [0.3, 0.4) is 0 Å². The molecule has 1 N–H and O–H groups in total. The quantitative estimate of drug-likeness (QED) is 0.760. The summed E-state index contributed by atoms with van der Waals surface area (Å²) in [5, 5.41) is 9.84. The predicted octanol–water partition coefficient (Wildman–Crippen LogP) is 4.44. The van der Waals surface area contributed by atoms with Crippen molar-refractivity contribution in [1.29, 1.82) is 0 Å². The molecule has 1 spiro atoms. The third-order valence-corrected chi connectivity index (χ3v) is 4.16. The minimum absolute atomic E-state index is 0.370. The third kappa shape index (κ3) is 3.62. The summed E-state index contributed by atoms with van der Waals surface area (Å²) in [5.74, 6) is 0.370. The van der Waals surface area contributed by atoms with Crippen LogP contribution in [0.1, 0.15) is 36.8 Å². The van der Waals surface area contributed by atoms with Crippen molar-refractivity contribution in [2.45, 2.75) is 38.6 Å². The molecule has 2 aliphatic carbocycles. The second kappa shape index (κ2) is 6.74. The summed E-state index contributed by atoms with van der Waals surface area (Å²) in [7, 11) is 9.87. The molecule has 0 amide bonds. The standard InChI is InChI=1S/C14H17NO.2ClH.Zr/c1-10-4-2-5-11(13(10)16)9-15-12-8-14(12)6-3-7-14;;;/h2,4-5,9,12,16H,3,6-8H2,1H3;2*1H;/q;;;+2/p-2. The molecular formula is C14H17Cl2NOZr. The van der Waals surface area contributed by atoms with E-state index in [4.69, 9.17) is 17.0 Å². The average molecular weight is 377 g/mol. The van der Waals surface area contributed by atoms with Gasteiger partial charge >= 0.3 is 37.9 Å². The summed E-state index contributed by atoms with van der Waals surface area (Å²) in [6.45, 7) is 1.91. The van der Waals surface area contributed by atoms with Crippen LogP contribution in [0.15, 0.2) is 23.2 Å². The molecule has 1 aromatic carbocycles. The van der Waals surface area contributed by atoms with E-state index < -0.39 is 20.8 Å². The van der Waals surface area contributed by atoms with E-state index in [0.717, 1.165) is 11.1 Å². The number of para-hydroxylation sites is 1. The molecule has 0 heterocycles. The first-order valence-electron chi connectivity index (χ1n) is 6.41. The topological polar surface area (TPSA) is 32.6 Å². The molecule has 2 saturated carbocycles. The number of rotatable bonds is 2. The fourth-order valence-electron chi connectivity index (χ4n) is 2.66. The summed E-state index contributed by atoms with van der Waals surface area (Å²) in [4.78, 5) is 4.60. The van der Waals surface area contributed by atoms with Crippen LogP contribution < -0.4 is 0 Å². The number of hydrogen-bond donors (Lipinski definition) is 1. The zero-order valence-corrected chi connectivity index (χ0v) is 14.8. The molecule has 19 heavy (non-hydrogen) atoms. The van der Waals surface area contributed by atoms with Crippen LogP contribution in [0.2, 0.25) is 0 Å². The van der Waals surface area contributed by atoms with Crippen molar-refractivity contribution >= 4 is 23.2 Å². The van der Waals surface area contributed by atoms with Crippen molar-refractivity contribution in [3.05, 3.63) is 29.3 Å². The van der Waals surface area contributed by atoms with Gasteiger partial charge in [-0.2, -0.15) is 0 Å². The predicted molar refractivity (Wildman–Crippen MR) is 76.8 cm³/mol. The summed E-state index contributed by atoms with van der Waals surface area (Å²) in [5.41, 5.74) is 2.34. The minimum atomic E-state index is -0.826. The Morgan fingerprint density at radius 1 is 1.42 bits per heavy atom. The van der Waals surface area contributed by atoms with Crippen molar-refractivity contribution < 1.29 is 26.0 Å². The van der Waals surface area contributed by atoms with Gasteiger partial charge in [-0.25, -0.2) is 0 Å². The van der Waals surface area contributed by atoms with Crippen LogP contribution in [0, 0.1) is 12.3 Å². The van der Waals surface area contributed by atoms with E-state index in [9.17, 15) is 5.11 Å². The molecule has 1 unspecified atom stereocenters.